The van der Waals surface area contributed by atoms with Crippen LogP contribution in [0.3, 0.4) is 0 Å². The van der Waals surface area contributed by atoms with Gasteiger partial charge in [-0.05, 0) is 74.8 Å². The van der Waals surface area contributed by atoms with E-state index >= 15 is 0 Å². The molecule has 0 atom stereocenters. The first-order chi connectivity index (χ1) is 21.6. The van der Waals surface area contributed by atoms with E-state index in [2.05, 4.69) is 9.46 Å². The fourth-order valence-electron chi connectivity index (χ4n) is 4.06. The van der Waals surface area contributed by atoms with Crippen LogP contribution in [0.4, 0.5) is 14.7 Å². The number of hydrogen-bond acceptors (Lipinski definition) is 8. The third-order valence-electron chi connectivity index (χ3n) is 6.17. The molecule has 4 aromatic carbocycles. The molecule has 0 aliphatic carbocycles. The summed E-state index contributed by atoms with van der Waals surface area (Å²) in [6, 6.07) is 22.7. The van der Waals surface area contributed by atoms with Crippen molar-refractivity contribution in [3.63, 3.8) is 0 Å². The Bertz CT molecular complexity index is 2000. The molecule has 1 N–H and O–H groups in total. The van der Waals surface area contributed by atoms with Crippen molar-refractivity contribution in [1.82, 2.24) is 9.78 Å². The Morgan fingerprint density at radius 3 is 2.33 bits per heavy atom. The quantitative estimate of drug-likeness (QED) is 0.136. The predicted molar refractivity (Wildman–Crippen MR) is 167 cm³/mol. The number of carboxylic acids is 1. The molecule has 0 unspecified atom stereocenters. The molecule has 16 heteroatoms. The number of aromatic nitrogens is 2. The lowest BCUT2D eigenvalue weighted by Crippen LogP contribution is -2.17. The molecule has 9 nitrogen and oxygen atoms in total. The molecule has 5 aromatic rings. The molecule has 0 spiro atoms. The maximum atomic E-state index is 12.6. The van der Waals surface area contributed by atoms with E-state index in [1.807, 2.05) is 6.07 Å². The minimum absolute atomic E-state index is 0.0812. The molecule has 5 rings (SSSR count). The summed E-state index contributed by atoms with van der Waals surface area (Å²) < 4.78 is 51.0. The second kappa shape index (κ2) is 14.2. The van der Waals surface area contributed by atoms with E-state index in [1.165, 1.54) is 35.6 Å². The van der Waals surface area contributed by atoms with E-state index in [4.69, 9.17) is 49.6 Å². The standard InChI is InChI=1S/C29H19Cl3F2N3O6PS/c30-24-10-9-21(14-26(24)32)35-29-37(15-17-7-8-20(25(31)11-17)16-44(40,42-33)43-34)36-27(45-29)18-3-1-5-22(12-18)41-23-6-2-4-19(13-23)28(38)39/h1-14H,15-16H2,(H,38,39). The molecular formula is C29H19Cl3F2N3O6PS. The number of nitrogens with zero attached hydrogens (tertiary/aromatic N) is 3. The average molecular weight is 713 g/mol. The lowest BCUT2D eigenvalue weighted by molar-refractivity contribution is -0.0881. The largest absolute Gasteiger partial charge is 0.478 e. The molecular weight excluding hydrogens is 694 g/mol. The van der Waals surface area contributed by atoms with Crippen LogP contribution in [0.5, 0.6) is 11.5 Å². The van der Waals surface area contributed by atoms with Gasteiger partial charge in [-0.1, -0.05) is 76.5 Å². The van der Waals surface area contributed by atoms with Gasteiger partial charge in [0.05, 0.1) is 34.0 Å². The van der Waals surface area contributed by atoms with Crippen molar-refractivity contribution in [3.05, 3.63) is 121 Å². The van der Waals surface area contributed by atoms with Gasteiger partial charge in [0, 0.05) is 10.6 Å². The van der Waals surface area contributed by atoms with Gasteiger partial charge < -0.3 is 9.84 Å². The highest BCUT2D eigenvalue weighted by atomic mass is 35.5. The Balaban J connectivity index is 1.50. The molecule has 0 fully saturated rings. The van der Waals surface area contributed by atoms with Crippen molar-refractivity contribution in [1.29, 1.82) is 0 Å². The molecule has 1 aromatic heterocycles. The van der Waals surface area contributed by atoms with Crippen LogP contribution >= 0.6 is 53.7 Å². The van der Waals surface area contributed by atoms with E-state index < -0.39 is 19.7 Å². The summed E-state index contributed by atoms with van der Waals surface area (Å²) in [5.74, 6) is -0.267. The predicted octanol–water partition coefficient (Wildman–Crippen LogP) is 9.84. The van der Waals surface area contributed by atoms with Gasteiger partial charge in [0.15, 0.2) is 0 Å². The lowest BCUT2D eigenvalue weighted by Gasteiger charge is -2.10. The van der Waals surface area contributed by atoms with Gasteiger partial charge in [-0.3, -0.25) is 4.57 Å². The topological polar surface area (TPSA) is 112 Å². The molecule has 0 saturated carbocycles. The number of halogens is 5. The molecule has 0 aliphatic heterocycles. The molecule has 0 aliphatic rings. The Labute approximate surface area is 273 Å². The smallest absolute Gasteiger partial charge is 0.399 e. The number of hydrogen-bond donors (Lipinski definition) is 1. The molecule has 1 heterocycles. The first-order valence-electron chi connectivity index (χ1n) is 12.7. The summed E-state index contributed by atoms with van der Waals surface area (Å²) in [6.07, 6.45) is -0.718. The number of carbonyl (C=O) groups is 1. The van der Waals surface area contributed by atoms with Gasteiger partial charge in [-0.15, -0.1) is 9.46 Å². The number of rotatable bonds is 11. The second-order valence-electron chi connectivity index (χ2n) is 9.35. The molecule has 0 bridgehead atoms. The number of benzene rings is 4. The van der Waals surface area contributed by atoms with Gasteiger partial charge in [0.25, 0.3) is 0 Å². The SMILES string of the molecule is O=C(O)c1cccc(Oc2cccc(-c3nn(Cc4ccc(CP(=O)(OF)OF)c(Cl)c4)c(=Nc4ccc(Cl)c(Cl)c4)s3)c2)c1. The zero-order chi connectivity index (χ0) is 32.1. The Morgan fingerprint density at radius 2 is 1.64 bits per heavy atom. The normalized spacial score (nSPS) is 12.0. The van der Waals surface area contributed by atoms with Crippen LogP contribution < -0.4 is 9.54 Å². The van der Waals surface area contributed by atoms with Crippen molar-refractivity contribution in [2.45, 2.75) is 12.7 Å². The van der Waals surface area contributed by atoms with Crippen molar-refractivity contribution >= 4 is 65.4 Å². The lowest BCUT2D eigenvalue weighted by atomic mass is 10.1. The molecule has 0 radical (unpaired) electrons. The Kier molecular flexibility index (Phi) is 10.4. The minimum Gasteiger partial charge on any atom is -0.478 e. The zero-order valence-electron chi connectivity index (χ0n) is 22.6. The maximum absolute atomic E-state index is 12.6. The summed E-state index contributed by atoms with van der Waals surface area (Å²) in [6.45, 7) is 0.172. The number of carboxylic acid groups (broad SMARTS) is 1. The van der Waals surface area contributed by atoms with Crippen molar-refractivity contribution in [2.24, 2.45) is 4.99 Å². The Hall–Kier alpha value is -3.61. The van der Waals surface area contributed by atoms with Gasteiger partial charge in [0.1, 0.15) is 16.5 Å². The van der Waals surface area contributed by atoms with Crippen LogP contribution in [-0.2, 0) is 26.7 Å². The molecule has 232 valence electrons. The highest BCUT2D eigenvalue weighted by molar-refractivity contribution is 7.52. The third kappa shape index (κ3) is 8.16. The van der Waals surface area contributed by atoms with Crippen LogP contribution in [-0.4, -0.2) is 20.9 Å². The molecule has 0 saturated heterocycles. The summed E-state index contributed by atoms with van der Waals surface area (Å²) in [5, 5.41) is 15.4. The summed E-state index contributed by atoms with van der Waals surface area (Å²) >= 11 is 19.9. The zero-order valence-corrected chi connectivity index (χ0v) is 26.6. The highest BCUT2D eigenvalue weighted by Gasteiger charge is 2.29. The van der Waals surface area contributed by atoms with Gasteiger partial charge >= 0.3 is 13.6 Å². The van der Waals surface area contributed by atoms with Crippen molar-refractivity contribution in [3.8, 4) is 22.1 Å². The third-order valence-corrected chi connectivity index (χ3v) is 9.40. The van der Waals surface area contributed by atoms with Gasteiger partial charge in [-0.2, -0.15) is 5.10 Å². The monoisotopic (exact) mass is 711 g/mol. The van der Waals surface area contributed by atoms with Crippen LogP contribution in [0.2, 0.25) is 15.1 Å². The minimum atomic E-state index is -4.64. The highest BCUT2D eigenvalue weighted by Crippen LogP contribution is 2.53. The number of ether oxygens (including phenoxy) is 1. The van der Waals surface area contributed by atoms with E-state index in [-0.39, 0.29) is 22.7 Å². The van der Waals surface area contributed by atoms with Crippen molar-refractivity contribution in [2.75, 3.05) is 0 Å². The summed E-state index contributed by atoms with van der Waals surface area (Å²) in [4.78, 5) is 16.5. The van der Waals surface area contributed by atoms with E-state index in [0.717, 1.165) is 0 Å². The Morgan fingerprint density at radius 1 is 0.911 bits per heavy atom. The fourth-order valence-corrected chi connectivity index (χ4v) is 6.44. The van der Waals surface area contributed by atoms with E-state index in [9.17, 15) is 23.5 Å². The molecule has 45 heavy (non-hydrogen) atoms. The van der Waals surface area contributed by atoms with Crippen LogP contribution in [0, 0.1) is 0 Å². The van der Waals surface area contributed by atoms with E-state index in [1.54, 1.807) is 59.3 Å². The fraction of sp³-hybridized carbons (Fsp3) is 0.0690. The summed E-state index contributed by atoms with van der Waals surface area (Å²) in [7, 11) is -4.64. The van der Waals surface area contributed by atoms with Crippen molar-refractivity contribution < 1.29 is 37.7 Å². The average Bonchev–Trinajstić information content (AvgIpc) is 3.42. The summed E-state index contributed by atoms with van der Waals surface area (Å²) in [5.41, 5.74) is 2.09. The second-order valence-corrected chi connectivity index (χ2v) is 13.3. The first kappa shape index (κ1) is 32.8. The van der Waals surface area contributed by atoms with E-state index in [0.29, 0.717) is 48.2 Å². The van der Waals surface area contributed by atoms with Gasteiger partial charge in [-0.25, -0.2) is 14.5 Å². The van der Waals surface area contributed by atoms with Crippen LogP contribution in [0.1, 0.15) is 21.5 Å². The van der Waals surface area contributed by atoms with Gasteiger partial charge in [0.2, 0.25) is 4.80 Å². The first-order valence-corrected chi connectivity index (χ1v) is 16.4. The number of aromatic carboxylic acids is 1. The maximum Gasteiger partial charge on any atom is 0.399 e. The van der Waals surface area contributed by atoms with Crippen LogP contribution in [0.25, 0.3) is 10.6 Å². The molecule has 0 amide bonds. The van der Waals surface area contributed by atoms with Crippen LogP contribution in [0.15, 0.2) is 89.9 Å².